The van der Waals surface area contributed by atoms with Crippen LogP contribution in [-0.4, -0.2) is 11.1 Å². The molecule has 0 amide bonds. The first-order valence-electron chi connectivity index (χ1n) is 5.59. The van der Waals surface area contributed by atoms with Gasteiger partial charge >= 0.3 is 5.97 Å². The van der Waals surface area contributed by atoms with Crippen LogP contribution in [0.15, 0.2) is 22.5 Å². The number of carbonyl (C=O) groups is 1. The molecule has 2 nitrogen and oxygen atoms in total. The van der Waals surface area contributed by atoms with Crippen molar-refractivity contribution in [1.82, 2.24) is 0 Å². The smallest absolute Gasteiger partial charge is 0.331 e. The van der Waals surface area contributed by atoms with Crippen LogP contribution in [0, 0.1) is 11.8 Å². The van der Waals surface area contributed by atoms with Crippen LogP contribution in [-0.2, 0) is 4.79 Å². The van der Waals surface area contributed by atoms with Gasteiger partial charge < -0.3 is 5.11 Å². The Kier molecular flexibility index (Phi) is 7.22. The molecule has 92 valence electrons. The maximum absolute atomic E-state index is 10.6. The van der Waals surface area contributed by atoms with E-state index in [1.165, 1.54) is 11.8 Å². The summed E-state index contributed by atoms with van der Waals surface area (Å²) in [5, 5.41) is 10.3. The largest absolute Gasteiger partial charge is 0.478 e. The zero-order valence-electron chi connectivity index (χ0n) is 10.6. The number of allylic oxidation sites excluding steroid dienone is 1. The molecule has 0 rings (SSSR count). The monoisotopic (exact) mass is 242 g/mol. The Morgan fingerprint density at radius 1 is 1.44 bits per heavy atom. The molecule has 3 heteroatoms. The summed E-state index contributed by atoms with van der Waals surface area (Å²) in [4.78, 5) is 11.6. The summed E-state index contributed by atoms with van der Waals surface area (Å²) >= 11 is 1.43. The minimum atomic E-state index is -0.865. The third-order valence-electron chi connectivity index (χ3n) is 2.76. The van der Waals surface area contributed by atoms with Gasteiger partial charge in [0.25, 0.3) is 0 Å². The Morgan fingerprint density at radius 3 is 2.44 bits per heavy atom. The highest BCUT2D eigenvalue weighted by Gasteiger charge is 2.07. The highest BCUT2D eigenvalue weighted by atomic mass is 32.2. The molecule has 0 saturated carbocycles. The average molecular weight is 242 g/mol. The lowest BCUT2D eigenvalue weighted by molar-refractivity contribution is -0.132. The number of aliphatic carboxylic acids is 1. The van der Waals surface area contributed by atoms with Crippen LogP contribution in [0.25, 0.3) is 0 Å². The lowest BCUT2D eigenvalue weighted by Crippen LogP contribution is -2.03. The molecule has 16 heavy (non-hydrogen) atoms. The van der Waals surface area contributed by atoms with Gasteiger partial charge in [-0.1, -0.05) is 27.4 Å². The van der Waals surface area contributed by atoms with E-state index in [0.29, 0.717) is 17.4 Å². The van der Waals surface area contributed by atoms with E-state index in [0.717, 1.165) is 17.7 Å². The summed E-state index contributed by atoms with van der Waals surface area (Å²) in [6.07, 6.45) is 2.07. The van der Waals surface area contributed by atoms with Gasteiger partial charge in [-0.3, -0.25) is 0 Å². The second-order valence-corrected chi connectivity index (χ2v) is 5.57. The van der Waals surface area contributed by atoms with E-state index < -0.39 is 5.97 Å². The maximum atomic E-state index is 10.6. The van der Waals surface area contributed by atoms with Crippen molar-refractivity contribution >= 4 is 17.7 Å². The first-order valence-corrected chi connectivity index (χ1v) is 6.47. The van der Waals surface area contributed by atoms with Gasteiger partial charge in [0.1, 0.15) is 0 Å². The zero-order valence-corrected chi connectivity index (χ0v) is 11.4. The Hall–Kier alpha value is -0.700. The van der Waals surface area contributed by atoms with Crippen molar-refractivity contribution in [3.05, 3.63) is 22.5 Å². The molecule has 0 unspecified atom stereocenters. The highest BCUT2D eigenvalue weighted by Crippen LogP contribution is 2.25. The van der Waals surface area contributed by atoms with Gasteiger partial charge in [-0.05, 0) is 41.9 Å². The number of thioether (sulfide) groups is 1. The molecule has 0 aromatic heterocycles. The normalized spacial score (nSPS) is 13.9. The van der Waals surface area contributed by atoms with Crippen molar-refractivity contribution in [2.24, 2.45) is 11.8 Å². The first-order chi connectivity index (χ1) is 7.34. The van der Waals surface area contributed by atoms with E-state index in [4.69, 9.17) is 5.11 Å². The highest BCUT2D eigenvalue weighted by molar-refractivity contribution is 8.05. The molecule has 1 N–H and O–H groups in total. The van der Waals surface area contributed by atoms with Gasteiger partial charge in [-0.25, -0.2) is 4.79 Å². The minimum Gasteiger partial charge on any atom is -0.478 e. The lowest BCUT2D eigenvalue weighted by Gasteiger charge is -2.15. The van der Waals surface area contributed by atoms with Crippen LogP contribution >= 0.6 is 11.8 Å². The topological polar surface area (TPSA) is 37.3 Å². The van der Waals surface area contributed by atoms with Gasteiger partial charge in [0.2, 0.25) is 0 Å². The second kappa shape index (κ2) is 7.55. The maximum Gasteiger partial charge on any atom is 0.331 e. The SMILES string of the molecule is C=C(CC[C@@H](C)C(C)C)S/C=C(\C)C(=O)O. The van der Waals surface area contributed by atoms with E-state index in [1.807, 2.05) is 0 Å². The fourth-order valence-corrected chi connectivity index (χ4v) is 1.68. The molecular formula is C13H22O2S. The minimum absolute atomic E-state index is 0.364. The van der Waals surface area contributed by atoms with Gasteiger partial charge in [0, 0.05) is 5.57 Å². The van der Waals surface area contributed by atoms with Crippen molar-refractivity contribution in [3.8, 4) is 0 Å². The third kappa shape index (κ3) is 6.72. The number of hydrogen-bond donors (Lipinski definition) is 1. The number of carboxylic acid groups (broad SMARTS) is 1. The molecule has 0 bridgehead atoms. The van der Waals surface area contributed by atoms with Crippen molar-refractivity contribution in [2.45, 2.75) is 40.5 Å². The van der Waals surface area contributed by atoms with E-state index in [9.17, 15) is 4.79 Å². The quantitative estimate of drug-likeness (QED) is 0.676. The van der Waals surface area contributed by atoms with Crippen LogP contribution < -0.4 is 0 Å². The van der Waals surface area contributed by atoms with Gasteiger partial charge in [-0.2, -0.15) is 0 Å². The number of hydrogen-bond acceptors (Lipinski definition) is 2. The van der Waals surface area contributed by atoms with Crippen molar-refractivity contribution in [2.75, 3.05) is 0 Å². The van der Waals surface area contributed by atoms with Crippen LogP contribution in [0.3, 0.4) is 0 Å². The van der Waals surface area contributed by atoms with Crippen LogP contribution in [0.4, 0.5) is 0 Å². The average Bonchev–Trinajstić information content (AvgIpc) is 2.21. The predicted molar refractivity (Wildman–Crippen MR) is 71.4 cm³/mol. The van der Waals surface area contributed by atoms with Crippen molar-refractivity contribution in [3.63, 3.8) is 0 Å². The molecular weight excluding hydrogens is 220 g/mol. The second-order valence-electron chi connectivity index (χ2n) is 4.52. The molecule has 0 aliphatic carbocycles. The lowest BCUT2D eigenvalue weighted by atomic mass is 9.93. The van der Waals surface area contributed by atoms with Crippen LogP contribution in [0.2, 0.25) is 0 Å². The van der Waals surface area contributed by atoms with Crippen LogP contribution in [0.5, 0.6) is 0 Å². The van der Waals surface area contributed by atoms with Crippen LogP contribution in [0.1, 0.15) is 40.5 Å². The molecule has 0 radical (unpaired) electrons. The predicted octanol–water partition coefficient (Wildman–Crippen LogP) is 4.29. The van der Waals surface area contributed by atoms with Crippen molar-refractivity contribution in [1.29, 1.82) is 0 Å². The molecule has 0 aliphatic rings. The molecule has 0 saturated heterocycles. The summed E-state index contributed by atoms with van der Waals surface area (Å²) in [5.74, 6) is 0.506. The molecule has 1 atom stereocenters. The molecule has 0 spiro atoms. The standard InChI is InChI=1S/C13H22O2S/c1-9(2)10(3)6-7-12(5)16-8-11(4)13(14)15/h8-10H,5-7H2,1-4H3,(H,14,15)/b11-8+/t10-/m1/s1. The molecule has 0 heterocycles. The summed E-state index contributed by atoms with van der Waals surface area (Å²) in [7, 11) is 0. The molecule has 0 aromatic carbocycles. The summed E-state index contributed by atoms with van der Waals surface area (Å²) in [6, 6.07) is 0. The zero-order chi connectivity index (χ0) is 12.7. The van der Waals surface area contributed by atoms with E-state index in [-0.39, 0.29) is 0 Å². The third-order valence-corrected chi connectivity index (χ3v) is 3.77. The van der Waals surface area contributed by atoms with Gasteiger partial charge in [0.15, 0.2) is 0 Å². The van der Waals surface area contributed by atoms with E-state index in [2.05, 4.69) is 27.4 Å². The Bertz CT molecular complexity index is 280. The number of rotatable bonds is 7. The fraction of sp³-hybridized carbons (Fsp3) is 0.615. The summed E-state index contributed by atoms with van der Waals surface area (Å²) in [6.45, 7) is 12.2. The summed E-state index contributed by atoms with van der Waals surface area (Å²) < 4.78 is 0. The molecule has 0 aliphatic heterocycles. The van der Waals surface area contributed by atoms with E-state index >= 15 is 0 Å². The van der Waals surface area contributed by atoms with E-state index in [1.54, 1.807) is 12.3 Å². The van der Waals surface area contributed by atoms with Gasteiger partial charge in [-0.15, -0.1) is 11.8 Å². The Labute approximate surface area is 103 Å². The fourth-order valence-electron chi connectivity index (χ4n) is 1.00. The molecule has 0 aromatic rings. The first kappa shape index (κ1) is 15.3. The summed E-state index contributed by atoms with van der Waals surface area (Å²) in [5.41, 5.74) is 0.364. The van der Waals surface area contributed by atoms with Gasteiger partial charge in [0.05, 0.1) is 0 Å². The van der Waals surface area contributed by atoms with Crippen molar-refractivity contribution < 1.29 is 9.90 Å². The number of carboxylic acids is 1. The molecule has 0 fully saturated rings. The Morgan fingerprint density at radius 2 is 2.00 bits per heavy atom. The Balaban J connectivity index is 3.93.